The van der Waals surface area contributed by atoms with E-state index in [1.807, 2.05) is 0 Å². The summed E-state index contributed by atoms with van der Waals surface area (Å²) in [6, 6.07) is 1.02. The van der Waals surface area contributed by atoms with E-state index in [1.165, 1.54) is 10.9 Å². The summed E-state index contributed by atoms with van der Waals surface area (Å²) in [7, 11) is 0. The molecule has 2 aromatic rings. The molecule has 4 rings (SSSR count). The maximum absolute atomic E-state index is 12.5. The van der Waals surface area contributed by atoms with E-state index in [1.54, 1.807) is 13.0 Å². The molecular weight excluding hydrogens is 324 g/mol. The highest BCUT2D eigenvalue weighted by Crippen LogP contribution is 2.21. The molecular formula is C17H20N4O4. The maximum Gasteiger partial charge on any atom is 0.273 e. The highest BCUT2D eigenvalue weighted by molar-refractivity contribution is 5.92. The van der Waals surface area contributed by atoms with Crippen molar-refractivity contribution in [3.63, 3.8) is 0 Å². The normalized spacial score (nSPS) is 22.6. The van der Waals surface area contributed by atoms with Gasteiger partial charge in [-0.15, -0.1) is 0 Å². The Kier molecular flexibility index (Phi) is 4.12. The minimum absolute atomic E-state index is 0.146. The summed E-state index contributed by atoms with van der Waals surface area (Å²) in [5.41, 5.74) is 2.10. The Balaban J connectivity index is 1.57. The minimum Gasteiger partial charge on any atom is -0.448 e. The summed E-state index contributed by atoms with van der Waals surface area (Å²) in [4.78, 5) is 28.8. The van der Waals surface area contributed by atoms with Crippen molar-refractivity contribution < 1.29 is 13.9 Å². The van der Waals surface area contributed by atoms with Gasteiger partial charge in [-0.3, -0.25) is 9.59 Å². The first-order valence-corrected chi connectivity index (χ1v) is 8.54. The van der Waals surface area contributed by atoms with Gasteiger partial charge in [0.15, 0.2) is 11.6 Å². The van der Waals surface area contributed by atoms with E-state index in [2.05, 4.69) is 15.4 Å². The standard InChI is InChI=1S/C17H20N4O4/c1-10-18-14(8-25-10)17(23)19-13-7-24-9-15(13)21-16(22)6-11-4-2-3-5-12(11)20-21/h6,8,13,15H,2-5,7,9H2,1H3,(H,19,23). The lowest BCUT2D eigenvalue weighted by atomic mass is 9.97. The van der Waals surface area contributed by atoms with Crippen molar-refractivity contribution in [3.05, 3.63) is 45.5 Å². The van der Waals surface area contributed by atoms with Gasteiger partial charge in [0.1, 0.15) is 12.3 Å². The molecule has 25 heavy (non-hydrogen) atoms. The van der Waals surface area contributed by atoms with Gasteiger partial charge in [-0.1, -0.05) is 0 Å². The Labute approximate surface area is 144 Å². The zero-order valence-corrected chi connectivity index (χ0v) is 14.0. The molecule has 0 aromatic carbocycles. The number of oxazole rings is 1. The first kappa shape index (κ1) is 16.0. The van der Waals surface area contributed by atoms with Crippen LogP contribution in [0.5, 0.6) is 0 Å². The van der Waals surface area contributed by atoms with Crippen molar-refractivity contribution >= 4 is 5.91 Å². The topological polar surface area (TPSA) is 99.2 Å². The van der Waals surface area contributed by atoms with Crippen molar-refractivity contribution in [2.75, 3.05) is 13.2 Å². The predicted molar refractivity (Wildman–Crippen MR) is 87.5 cm³/mol. The van der Waals surface area contributed by atoms with Gasteiger partial charge in [0, 0.05) is 13.0 Å². The Hall–Kier alpha value is -2.48. The third kappa shape index (κ3) is 3.09. The van der Waals surface area contributed by atoms with Gasteiger partial charge < -0.3 is 14.5 Å². The molecule has 2 unspecified atom stereocenters. The second kappa shape index (κ2) is 6.44. The second-order valence-corrected chi connectivity index (χ2v) is 6.54. The number of hydrogen-bond donors (Lipinski definition) is 1. The van der Waals surface area contributed by atoms with Crippen LogP contribution >= 0.6 is 0 Å². The van der Waals surface area contributed by atoms with Crippen LogP contribution in [0.3, 0.4) is 0 Å². The van der Waals surface area contributed by atoms with Crippen LogP contribution in [0.25, 0.3) is 0 Å². The van der Waals surface area contributed by atoms with Crippen LogP contribution in [0.4, 0.5) is 0 Å². The molecule has 3 heterocycles. The van der Waals surface area contributed by atoms with Crippen LogP contribution in [-0.4, -0.2) is 39.9 Å². The number of fused-ring (bicyclic) bond motifs is 1. The number of carbonyl (C=O) groups excluding carboxylic acids is 1. The van der Waals surface area contributed by atoms with Crippen LogP contribution in [0.2, 0.25) is 0 Å². The van der Waals surface area contributed by atoms with Gasteiger partial charge in [0.05, 0.1) is 24.9 Å². The summed E-state index contributed by atoms with van der Waals surface area (Å²) >= 11 is 0. The zero-order chi connectivity index (χ0) is 17.4. The molecule has 8 nitrogen and oxygen atoms in total. The molecule has 1 aliphatic heterocycles. The molecule has 1 N–H and O–H groups in total. The van der Waals surface area contributed by atoms with Gasteiger partial charge in [-0.25, -0.2) is 9.67 Å². The molecule has 1 aliphatic carbocycles. The van der Waals surface area contributed by atoms with Crippen molar-refractivity contribution in [1.29, 1.82) is 0 Å². The highest BCUT2D eigenvalue weighted by Gasteiger charge is 2.33. The molecule has 1 amide bonds. The Morgan fingerprint density at radius 3 is 2.96 bits per heavy atom. The van der Waals surface area contributed by atoms with Crippen LogP contribution in [-0.2, 0) is 17.6 Å². The largest absolute Gasteiger partial charge is 0.448 e. The minimum atomic E-state index is -0.344. The number of ether oxygens (including phenoxy) is 1. The van der Waals surface area contributed by atoms with Crippen molar-refractivity contribution in [3.8, 4) is 0 Å². The number of aryl methyl sites for hydroxylation is 3. The summed E-state index contributed by atoms with van der Waals surface area (Å²) in [6.07, 6.45) is 5.30. The highest BCUT2D eigenvalue weighted by atomic mass is 16.5. The van der Waals surface area contributed by atoms with E-state index < -0.39 is 0 Å². The van der Waals surface area contributed by atoms with E-state index in [4.69, 9.17) is 9.15 Å². The van der Waals surface area contributed by atoms with Crippen LogP contribution in [0, 0.1) is 6.92 Å². The molecule has 2 aromatic heterocycles. The van der Waals surface area contributed by atoms with E-state index in [0.29, 0.717) is 19.1 Å². The lowest BCUT2D eigenvalue weighted by Crippen LogP contribution is -2.44. The van der Waals surface area contributed by atoms with Crippen molar-refractivity contribution in [2.45, 2.75) is 44.7 Å². The van der Waals surface area contributed by atoms with Crippen LogP contribution in [0.1, 0.15) is 46.5 Å². The molecule has 0 radical (unpaired) electrons. The fraction of sp³-hybridized carbons (Fsp3) is 0.529. The third-order valence-corrected chi connectivity index (χ3v) is 4.77. The van der Waals surface area contributed by atoms with Crippen molar-refractivity contribution in [2.24, 2.45) is 0 Å². The van der Waals surface area contributed by atoms with E-state index in [9.17, 15) is 9.59 Å². The number of nitrogens with zero attached hydrogens (tertiary/aromatic N) is 3. The zero-order valence-electron chi connectivity index (χ0n) is 14.0. The third-order valence-electron chi connectivity index (χ3n) is 4.77. The summed E-state index contributed by atoms with van der Waals surface area (Å²) in [5, 5.41) is 7.45. The SMILES string of the molecule is Cc1nc(C(=O)NC2COCC2n2nc3c(cc2=O)CCCC3)co1. The van der Waals surface area contributed by atoms with Crippen molar-refractivity contribution in [1.82, 2.24) is 20.1 Å². The molecule has 8 heteroatoms. The van der Waals surface area contributed by atoms with Gasteiger partial charge in [0.25, 0.3) is 11.5 Å². The number of carbonyl (C=O) groups is 1. The van der Waals surface area contributed by atoms with Crippen LogP contribution < -0.4 is 10.9 Å². The molecule has 1 fully saturated rings. The Morgan fingerprint density at radius 2 is 2.16 bits per heavy atom. The first-order chi connectivity index (χ1) is 12.1. The van der Waals surface area contributed by atoms with Crippen LogP contribution in [0.15, 0.2) is 21.5 Å². The smallest absolute Gasteiger partial charge is 0.273 e. The fourth-order valence-corrected chi connectivity index (χ4v) is 3.45. The molecule has 1 saturated heterocycles. The number of hydrogen-bond acceptors (Lipinski definition) is 6. The lowest BCUT2D eigenvalue weighted by Gasteiger charge is -2.22. The Morgan fingerprint density at radius 1 is 1.32 bits per heavy atom. The summed E-state index contributed by atoms with van der Waals surface area (Å²) in [6.45, 7) is 2.35. The maximum atomic E-state index is 12.5. The first-order valence-electron chi connectivity index (χ1n) is 8.54. The number of amides is 1. The number of nitrogens with one attached hydrogen (secondary N) is 1. The van der Waals surface area contributed by atoms with Gasteiger partial charge in [-0.2, -0.15) is 5.10 Å². The molecule has 0 spiro atoms. The second-order valence-electron chi connectivity index (χ2n) is 6.54. The number of aromatic nitrogens is 3. The van der Waals surface area contributed by atoms with Gasteiger partial charge in [0.2, 0.25) is 0 Å². The molecule has 2 atom stereocenters. The number of rotatable bonds is 3. The Bertz CT molecular complexity index is 857. The monoisotopic (exact) mass is 344 g/mol. The van der Waals surface area contributed by atoms with Gasteiger partial charge in [-0.05, 0) is 31.2 Å². The lowest BCUT2D eigenvalue weighted by molar-refractivity contribution is 0.0919. The molecule has 2 aliphatic rings. The van der Waals surface area contributed by atoms with E-state index >= 15 is 0 Å². The predicted octanol–water partition coefficient (Wildman–Crippen LogP) is 0.788. The molecule has 0 saturated carbocycles. The average Bonchev–Trinajstić information content (AvgIpc) is 3.23. The van der Waals surface area contributed by atoms with Gasteiger partial charge >= 0.3 is 0 Å². The summed E-state index contributed by atoms with van der Waals surface area (Å²) < 4.78 is 12.0. The molecule has 0 bridgehead atoms. The average molecular weight is 344 g/mol. The van der Waals surface area contributed by atoms with E-state index in [0.717, 1.165) is 36.9 Å². The van der Waals surface area contributed by atoms with E-state index in [-0.39, 0.29) is 29.2 Å². The fourth-order valence-electron chi connectivity index (χ4n) is 3.45. The summed E-state index contributed by atoms with van der Waals surface area (Å²) in [5.74, 6) is 0.0836. The molecule has 132 valence electrons. The quantitative estimate of drug-likeness (QED) is 0.884.